The summed E-state index contributed by atoms with van der Waals surface area (Å²) in [5.41, 5.74) is 5.60. The van der Waals surface area contributed by atoms with Gasteiger partial charge in [-0.2, -0.15) is 0 Å². The Morgan fingerprint density at radius 3 is 2.65 bits per heavy atom. The van der Waals surface area contributed by atoms with Gasteiger partial charge in [-0.25, -0.2) is 4.79 Å². The van der Waals surface area contributed by atoms with Gasteiger partial charge >= 0.3 is 5.97 Å². The van der Waals surface area contributed by atoms with Crippen molar-refractivity contribution in [3.05, 3.63) is 0 Å². The maximum Gasteiger partial charge on any atom is 0.326 e. The molecular formula is C15H28N2O3. The van der Waals surface area contributed by atoms with Crippen LogP contribution in [-0.2, 0) is 9.59 Å². The number of likely N-dealkylation sites (tertiary alicyclic amines) is 1. The van der Waals surface area contributed by atoms with Gasteiger partial charge in [0.2, 0.25) is 5.91 Å². The van der Waals surface area contributed by atoms with Crippen LogP contribution in [0.5, 0.6) is 0 Å². The van der Waals surface area contributed by atoms with Crippen LogP contribution in [0.25, 0.3) is 0 Å². The highest BCUT2D eigenvalue weighted by atomic mass is 16.4. The standard InChI is InChI=1S/C15H28N2O3/c1-2-5-12(9-10-16)7-8-14(18)17-11-4-3-6-13(17)15(19)20/h12-13H,2-11,16H2,1H3,(H,19,20). The van der Waals surface area contributed by atoms with E-state index in [0.29, 0.717) is 31.8 Å². The molecule has 0 saturated carbocycles. The van der Waals surface area contributed by atoms with Crippen LogP contribution in [0.4, 0.5) is 0 Å². The van der Waals surface area contributed by atoms with E-state index in [9.17, 15) is 14.7 Å². The summed E-state index contributed by atoms with van der Waals surface area (Å²) < 4.78 is 0. The van der Waals surface area contributed by atoms with Crippen molar-refractivity contribution < 1.29 is 14.7 Å². The molecular weight excluding hydrogens is 256 g/mol. The van der Waals surface area contributed by atoms with Crippen molar-refractivity contribution in [2.45, 2.75) is 64.3 Å². The molecule has 5 nitrogen and oxygen atoms in total. The summed E-state index contributed by atoms with van der Waals surface area (Å²) in [6.45, 7) is 3.38. The van der Waals surface area contributed by atoms with Crippen molar-refractivity contribution in [2.24, 2.45) is 11.7 Å². The van der Waals surface area contributed by atoms with E-state index >= 15 is 0 Å². The van der Waals surface area contributed by atoms with E-state index in [2.05, 4.69) is 6.92 Å². The van der Waals surface area contributed by atoms with Crippen LogP contribution in [0.3, 0.4) is 0 Å². The van der Waals surface area contributed by atoms with E-state index < -0.39 is 12.0 Å². The minimum atomic E-state index is -0.870. The van der Waals surface area contributed by atoms with E-state index in [4.69, 9.17) is 5.73 Å². The monoisotopic (exact) mass is 284 g/mol. The van der Waals surface area contributed by atoms with Gasteiger partial charge in [-0.15, -0.1) is 0 Å². The fraction of sp³-hybridized carbons (Fsp3) is 0.867. The first kappa shape index (κ1) is 17.0. The zero-order chi connectivity index (χ0) is 15.0. The van der Waals surface area contributed by atoms with Gasteiger partial charge in [0, 0.05) is 13.0 Å². The zero-order valence-electron chi connectivity index (χ0n) is 12.5. The molecule has 0 aliphatic carbocycles. The largest absolute Gasteiger partial charge is 0.480 e. The fourth-order valence-electron chi connectivity index (χ4n) is 3.03. The smallest absolute Gasteiger partial charge is 0.326 e. The molecule has 1 aliphatic heterocycles. The van der Waals surface area contributed by atoms with E-state index in [1.807, 2.05) is 0 Å². The van der Waals surface area contributed by atoms with Crippen LogP contribution in [0.1, 0.15) is 58.3 Å². The van der Waals surface area contributed by atoms with Crippen molar-refractivity contribution in [2.75, 3.05) is 13.1 Å². The number of carbonyl (C=O) groups is 2. The summed E-state index contributed by atoms with van der Waals surface area (Å²) in [5.74, 6) is -0.387. The number of piperidine rings is 1. The molecule has 1 heterocycles. The predicted molar refractivity (Wildman–Crippen MR) is 78.3 cm³/mol. The van der Waals surface area contributed by atoms with Crippen molar-refractivity contribution in [3.63, 3.8) is 0 Å². The maximum atomic E-state index is 12.3. The Kier molecular flexibility index (Phi) is 7.59. The second-order valence-electron chi connectivity index (χ2n) is 5.71. The van der Waals surface area contributed by atoms with Crippen LogP contribution in [0.15, 0.2) is 0 Å². The summed E-state index contributed by atoms with van der Waals surface area (Å²) in [5, 5.41) is 9.19. The van der Waals surface area contributed by atoms with Crippen molar-refractivity contribution >= 4 is 11.9 Å². The third-order valence-corrected chi connectivity index (χ3v) is 4.15. The Labute approximate surface area is 121 Å². The Bertz CT molecular complexity index is 314. The number of nitrogens with zero attached hydrogens (tertiary/aromatic N) is 1. The molecule has 2 atom stereocenters. The molecule has 5 heteroatoms. The summed E-state index contributed by atoms with van der Waals surface area (Å²) in [6, 6.07) is -0.615. The van der Waals surface area contributed by atoms with Gasteiger partial charge < -0.3 is 15.7 Å². The molecule has 20 heavy (non-hydrogen) atoms. The first-order valence-corrected chi connectivity index (χ1v) is 7.82. The number of carboxylic acid groups (broad SMARTS) is 1. The highest BCUT2D eigenvalue weighted by Crippen LogP contribution is 2.22. The van der Waals surface area contributed by atoms with Gasteiger partial charge in [-0.3, -0.25) is 4.79 Å². The van der Waals surface area contributed by atoms with Gasteiger partial charge in [0.15, 0.2) is 0 Å². The molecule has 2 unspecified atom stereocenters. The third-order valence-electron chi connectivity index (χ3n) is 4.15. The summed E-state index contributed by atoms with van der Waals surface area (Å²) in [6.07, 6.45) is 6.81. The van der Waals surface area contributed by atoms with Crippen LogP contribution in [0, 0.1) is 5.92 Å². The highest BCUT2D eigenvalue weighted by Gasteiger charge is 2.31. The lowest BCUT2D eigenvalue weighted by Crippen LogP contribution is -2.48. The highest BCUT2D eigenvalue weighted by molar-refractivity contribution is 5.83. The Morgan fingerprint density at radius 2 is 2.05 bits per heavy atom. The molecule has 1 aliphatic rings. The minimum Gasteiger partial charge on any atom is -0.480 e. The zero-order valence-corrected chi connectivity index (χ0v) is 12.5. The molecule has 0 aromatic rings. The van der Waals surface area contributed by atoms with Gasteiger partial charge in [-0.05, 0) is 44.6 Å². The normalized spacial score (nSPS) is 20.7. The van der Waals surface area contributed by atoms with E-state index in [0.717, 1.165) is 38.5 Å². The lowest BCUT2D eigenvalue weighted by Gasteiger charge is -2.33. The van der Waals surface area contributed by atoms with Gasteiger partial charge in [0.25, 0.3) is 0 Å². The molecule has 0 aromatic heterocycles. The Balaban J connectivity index is 2.48. The number of nitrogens with two attached hydrogens (primary N) is 1. The molecule has 1 rings (SSSR count). The maximum absolute atomic E-state index is 12.3. The summed E-state index contributed by atoms with van der Waals surface area (Å²) in [4.78, 5) is 25.0. The number of amides is 1. The van der Waals surface area contributed by atoms with E-state index in [1.165, 1.54) is 0 Å². The van der Waals surface area contributed by atoms with Crippen LogP contribution in [0.2, 0.25) is 0 Å². The van der Waals surface area contributed by atoms with Crippen LogP contribution >= 0.6 is 0 Å². The quantitative estimate of drug-likeness (QED) is 0.714. The second kappa shape index (κ2) is 8.95. The SMILES string of the molecule is CCCC(CCN)CCC(=O)N1CCCCC1C(=O)O. The molecule has 0 radical (unpaired) electrons. The molecule has 3 N–H and O–H groups in total. The molecule has 116 valence electrons. The Hall–Kier alpha value is -1.10. The van der Waals surface area contributed by atoms with Crippen LogP contribution in [-0.4, -0.2) is 41.0 Å². The molecule has 1 saturated heterocycles. The van der Waals surface area contributed by atoms with Gasteiger partial charge in [0.1, 0.15) is 6.04 Å². The lowest BCUT2D eigenvalue weighted by molar-refractivity contribution is -0.152. The fourth-order valence-corrected chi connectivity index (χ4v) is 3.03. The van der Waals surface area contributed by atoms with Crippen molar-refractivity contribution in [3.8, 4) is 0 Å². The molecule has 1 amide bonds. The first-order chi connectivity index (χ1) is 9.60. The summed E-state index contributed by atoms with van der Waals surface area (Å²) >= 11 is 0. The topological polar surface area (TPSA) is 83.6 Å². The average Bonchev–Trinajstić information content (AvgIpc) is 2.45. The van der Waals surface area contributed by atoms with E-state index in [-0.39, 0.29) is 5.91 Å². The molecule has 0 aromatic carbocycles. The molecule has 0 bridgehead atoms. The minimum absolute atomic E-state index is 0.00442. The van der Waals surface area contributed by atoms with Gasteiger partial charge in [0.05, 0.1) is 0 Å². The number of rotatable bonds is 8. The predicted octanol–water partition coefficient (Wildman–Crippen LogP) is 2.00. The molecule has 0 spiro atoms. The number of aliphatic carboxylic acids is 1. The Morgan fingerprint density at radius 1 is 1.30 bits per heavy atom. The first-order valence-electron chi connectivity index (χ1n) is 7.82. The molecule has 1 fully saturated rings. The number of carboxylic acids is 1. The number of hydrogen-bond donors (Lipinski definition) is 2. The van der Waals surface area contributed by atoms with Crippen molar-refractivity contribution in [1.82, 2.24) is 4.90 Å². The van der Waals surface area contributed by atoms with Crippen LogP contribution < -0.4 is 5.73 Å². The van der Waals surface area contributed by atoms with Crippen molar-refractivity contribution in [1.29, 1.82) is 0 Å². The second-order valence-corrected chi connectivity index (χ2v) is 5.71. The lowest BCUT2D eigenvalue weighted by atomic mass is 9.93. The van der Waals surface area contributed by atoms with E-state index in [1.54, 1.807) is 4.90 Å². The van der Waals surface area contributed by atoms with Gasteiger partial charge in [-0.1, -0.05) is 19.8 Å². The number of hydrogen-bond acceptors (Lipinski definition) is 3. The third kappa shape index (κ3) is 5.12. The average molecular weight is 284 g/mol. The number of carbonyl (C=O) groups excluding carboxylic acids is 1. The summed E-state index contributed by atoms with van der Waals surface area (Å²) in [7, 11) is 0.